The van der Waals surface area contributed by atoms with Gasteiger partial charge < -0.3 is 10.6 Å². The first-order valence-corrected chi connectivity index (χ1v) is 5.07. The van der Waals surface area contributed by atoms with Gasteiger partial charge in [-0.25, -0.2) is 0 Å². The summed E-state index contributed by atoms with van der Waals surface area (Å²) < 4.78 is 0. The van der Waals surface area contributed by atoms with Crippen LogP contribution in [0.15, 0.2) is 12.2 Å². The van der Waals surface area contributed by atoms with Gasteiger partial charge in [-0.3, -0.25) is 0 Å². The topological polar surface area (TPSA) is 24.1 Å². The van der Waals surface area contributed by atoms with Gasteiger partial charge in [-0.2, -0.15) is 0 Å². The van der Waals surface area contributed by atoms with Crippen LogP contribution in [0.2, 0.25) is 0 Å². The molecule has 0 spiro atoms. The summed E-state index contributed by atoms with van der Waals surface area (Å²) in [5.74, 6) is 0. The van der Waals surface area contributed by atoms with E-state index in [1.807, 2.05) is 0 Å². The van der Waals surface area contributed by atoms with Crippen LogP contribution in [0.25, 0.3) is 0 Å². The van der Waals surface area contributed by atoms with Gasteiger partial charge in [0, 0.05) is 25.2 Å². The van der Waals surface area contributed by atoms with Gasteiger partial charge in [0.1, 0.15) is 0 Å². The third-order valence-corrected chi connectivity index (χ3v) is 2.37. The molecule has 0 atom stereocenters. The van der Waals surface area contributed by atoms with Crippen molar-refractivity contribution in [1.29, 1.82) is 0 Å². The summed E-state index contributed by atoms with van der Waals surface area (Å²) in [5, 5.41) is 6.89. The van der Waals surface area contributed by atoms with Gasteiger partial charge in [0.25, 0.3) is 0 Å². The number of hydrogen-bond donors (Lipinski definition) is 2. The maximum absolute atomic E-state index is 3.45. The summed E-state index contributed by atoms with van der Waals surface area (Å²) >= 11 is 0. The Morgan fingerprint density at radius 1 is 0.786 bits per heavy atom. The maximum atomic E-state index is 3.45. The van der Waals surface area contributed by atoms with Gasteiger partial charge in [-0.1, -0.05) is 12.2 Å². The molecule has 0 aromatic rings. The van der Waals surface area contributed by atoms with E-state index in [4.69, 9.17) is 0 Å². The lowest BCUT2D eigenvalue weighted by Gasteiger charge is -1.96. The summed E-state index contributed by atoms with van der Waals surface area (Å²) in [6.07, 6.45) is 9.99. The van der Waals surface area contributed by atoms with Crippen molar-refractivity contribution in [2.45, 2.75) is 37.8 Å². The molecular weight excluding hydrogens is 219 g/mol. The minimum atomic E-state index is 0. The van der Waals surface area contributed by atoms with Crippen molar-refractivity contribution in [3.63, 3.8) is 0 Å². The summed E-state index contributed by atoms with van der Waals surface area (Å²) in [7, 11) is 0. The molecule has 2 nitrogen and oxygen atoms in total. The molecule has 2 fully saturated rings. The first kappa shape index (κ1) is 14.2. The van der Waals surface area contributed by atoms with E-state index < -0.39 is 0 Å². The predicted octanol–water partition coefficient (Wildman–Crippen LogP) is 1.89. The van der Waals surface area contributed by atoms with Crippen LogP contribution in [0.1, 0.15) is 25.7 Å². The minimum Gasteiger partial charge on any atom is -0.311 e. The zero-order valence-electron chi connectivity index (χ0n) is 8.37. The molecule has 0 bridgehead atoms. The minimum absolute atomic E-state index is 0. The van der Waals surface area contributed by atoms with Gasteiger partial charge in [0.15, 0.2) is 0 Å². The first-order valence-electron chi connectivity index (χ1n) is 5.07. The average molecular weight is 239 g/mol. The maximum Gasteiger partial charge on any atom is 0.0137 e. The van der Waals surface area contributed by atoms with Gasteiger partial charge in [-0.05, 0) is 25.7 Å². The smallest absolute Gasteiger partial charge is 0.0137 e. The fourth-order valence-corrected chi connectivity index (χ4v) is 1.21. The molecule has 0 heterocycles. The molecule has 2 aliphatic carbocycles. The van der Waals surface area contributed by atoms with Crippen molar-refractivity contribution in [2.75, 3.05) is 13.1 Å². The summed E-state index contributed by atoms with van der Waals surface area (Å²) in [6, 6.07) is 1.68. The van der Waals surface area contributed by atoms with E-state index in [1.54, 1.807) is 0 Å². The fraction of sp³-hybridized carbons (Fsp3) is 0.800. The highest BCUT2D eigenvalue weighted by Crippen LogP contribution is 2.18. The zero-order chi connectivity index (χ0) is 8.23. The lowest BCUT2D eigenvalue weighted by atomic mass is 10.4. The normalized spacial score (nSPS) is 20.3. The molecule has 2 saturated carbocycles. The van der Waals surface area contributed by atoms with Crippen molar-refractivity contribution in [3.05, 3.63) is 12.2 Å². The van der Waals surface area contributed by atoms with Crippen LogP contribution in [-0.4, -0.2) is 25.2 Å². The third kappa shape index (κ3) is 6.66. The second kappa shape index (κ2) is 7.52. The molecule has 0 aromatic heterocycles. The molecule has 2 rings (SSSR count). The van der Waals surface area contributed by atoms with Crippen LogP contribution in [0.5, 0.6) is 0 Å². The summed E-state index contributed by atoms with van der Waals surface area (Å²) in [5.41, 5.74) is 0. The van der Waals surface area contributed by atoms with Crippen molar-refractivity contribution in [1.82, 2.24) is 10.6 Å². The third-order valence-electron chi connectivity index (χ3n) is 2.37. The Labute approximate surface area is 98.7 Å². The van der Waals surface area contributed by atoms with Gasteiger partial charge in [-0.15, -0.1) is 24.8 Å². The highest BCUT2D eigenvalue weighted by atomic mass is 35.5. The van der Waals surface area contributed by atoms with Crippen LogP contribution in [0.4, 0.5) is 0 Å². The van der Waals surface area contributed by atoms with Crippen LogP contribution in [0, 0.1) is 0 Å². The Bertz CT molecular complexity index is 148. The van der Waals surface area contributed by atoms with Crippen molar-refractivity contribution < 1.29 is 0 Å². The zero-order valence-corrected chi connectivity index (χ0v) is 10.0. The largest absolute Gasteiger partial charge is 0.311 e. The van der Waals surface area contributed by atoms with Crippen molar-refractivity contribution in [2.24, 2.45) is 0 Å². The molecule has 0 aromatic carbocycles. The molecule has 0 saturated heterocycles. The van der Waals surface area contributed by atoms with E-state index in [2.05, 4.69) is 22.8 Å². The first-order chi connectivity index (χ1) is 5.95. The highest BCUT2D eigenvalue weighted by molar-refractivity contribution is 5.85. The molecule has 4 heteroatoms. The Balaban J connectivity index is 0.000000845. The molecule has 2 N–H and O–H groups in total. The van der Waals surface area contributed by atoms with E-state index in [1.165, 1.54) is 25.7 Å². The lowest BCUT2D eigenvalue weighted by molar-refractivity contribution is 0.736. The van der Waals surface area contributed by atoms with Crippen molar-refractivity contribution >= 4 is 24.8 Å². The lowest BCUT2D eigenvalue weighted by Crippen LogP contribution is -2.18. The Hall–Kier alpha value is 0.240. The molecule has 84 valence electrons. The number of nitrogens with one attached hydrogen (secondary N) is 2. The van der Waals surface area contributed by atoms with Gasteiger partial charge >= 0.3 is 0 Å². The fourth-order valence-electron chi connectivity index (χ4n) is 1.21. The van der Waals surface area contributed by atoms with Crippen LogP contribution in [0.3, 0.4) is 0 Å². The number of rotatable bonds is 6. The molecule has 14 heavy (non-hydrogen) atoms. The van der Waals surface area contributed by atoms with Crippen LogP contribution in [-0.2, 0) is 0 Å². The molecule has 2 aliphatic rings. The van der Waals surface area contributed by atoms with E-state index in [9.17, 15) is 0 Å². The van der Waals surface area contributed by atoms with Crippen molar-refractivity contribution in [3.8, 4) is 0 Å². The van der Waals surface area contributed by atoms with E-state index in [0.29, 0.717) is 0 Å². The van der Waals surface area contributed by atoms with Gasteiger partial charge in [0.05, 0.1) is 0 Å². The Morgan fingerprint density at radius 2 is 1.14 bits per heavy atom. The predicted molar refractivity (Wildman–Crippen MR) is 65.7 cm³/mol. The molecule has 0 amide bonds. The number of halogens is 2. The molecule has 0 aliphatic heterocycles. The molecule has 0 radical (unpaired) electrons. The van der Waals surface area contributed by atoms with E-state index >= 15 is 0 Å². The Kier molecular flexibility index (Phi) is 7.65. The van der Waals surface area contributed by atoms with E-state index in [-0.39, 0.29) is 24.8 Å². The monoisotopic (exact) mass is 238 g/mol. The summed E-state index contributed by atoms with van der Waals surface area (Å²) in [4.78, 5) is 0. The van der Waals surface area contributed by atoms with Crippen LogP contribution < -0.4 is 10.6 Å². The standard InChI is InChI=1S/C10H18N2.2ClH/c1(7-11-9-3-4-9)2-8-12-10-5-6-10;;/h1-2,9-12H,3-8H2;2*1H/b2-1+;;. The SMILES string of the molecule is C(=C\CNC1CC1)/CNC1CC1.Cl.Cl. The van der Waals surface area contributed by atoms with E-state index in [0.717, 1.165) is 25.2 Å². The second-order valence-electron chi connectivity index (χ2n) is 3.84. The second-order valence-corrected chi connectivity index (χ2v) is 3.84. The average Bonchev–Trinajstić information content (AvgIpc) is 2.89. The molecule has 0 unspecified atom stereocenters. The quantitative estimate of drug-likeness (QED) is 0.692. The highest BCUT2D eigenvalue weighted by Gasteiger charge is 2.19. The van der Waals surface area contributed by atoms with Crippen LogP contribution >= 0.6 is 24.8 Å². The number of hydrogen-bond acceptors (Lipinski definition) is 2. The molecular formula is C10H20Cl2N2. The Morgan fingerprint density at radius 3 is 1.43 bits per heavy atom. The summed E-state index contributed by atoms with van der Waals surface area (Å²) in [6.45, 7) is 2.11. The van der Waals surface area contributed by atoms with Gasteiger partial charge in [0.2, 0.25) is 0 Å².